The van der Waals surface area contributed by atoms with Crippen molar-refractivity contribution in [2.45, 2.75) is 107 Å². The van der Waals surface area contributed by atoms with Crippen molar-refractivity contribution in [2.75, 3.05) is 0 Å². The third-order valence-corrected chi connectivity index (χ3v) is 7.94. The number of nitrogens with zero attached hydrogens (tertiary/aromatic N) is 1. The molecule has 0 heterocycles. The molecule has 1 saturated carbocycles. The van der Waals surface area contributed by atoms with Gasteiger partial charge in [0.05, 0.1) is 0 Å². The number of benzene rings is 3. The quantitative estimate of drug-likeness (QED) is 0.265. The van der Waals surface area contributed by atoms with E-state index in [0.717, 1.165) is 13.0 Å². The van der Waals surface area contributed by atoms with Gasteiger partial charge < -0.3 is 4.90 Å². The van der Waals surface area contributed by atoms with Crippen LogP contribution < -0.4 is 0 Å². The second-order valence-corrected chi connectivity index (χ2v) is 10.1. The van der Waals surface area contributed by atoms with E-state index in [0.29, 0.717) is 6.04 Å². The van der Waals surface area contributed by atoms with Gasteiger partial charge in [0.25, 0.3) is 0 Å². The van der Waals surface area contributed by atoms with E-state index in [9.17, 15) is 0 Å². The molecule has 0 radical (unpaired) electrons. The molecule has 1 fully saturated rings. The van der Waals surface area contributed by atoms with Gasteiger partial charge in [0.2, 0.25) is 0 Å². The molecular weight excluding hydrogens is 470 g/mol. The van der Waals surface area contributed by atoms with Gasteiger partial charge in [0.1, 0.15) is 0 Å². The number of hydrogen-bond acceptors (Lipinski definition) is 1. The normalized spacial score (nSPS) is 13.7. The van der Waals surface area contributed by atoms with Gasteiger partial charge in [0, 0.05) is 18.3 Å². The summed E-state index contributed by atoms with van der Waals surface area (Å²) in [5.74, 6) is 0. The Morgan fingerprint density at radius 3 is 2.00 bits per heavy atom. The second-order valence-electron chi connectivity index (χ2n) is 10.1. The smallest absolute Gasteiger partial charge is 0.0435 e. The summed E-state index contributed by atoms with van der Waals surface area (Å²) in [5, 5.41) is 0. The summed E-state index contributed by atoms with van der Waals surface area (Å²) in [6, 6.07) is 27.1. The van der Waals surface area contributed by atoms with Crippen molar-refractivity contribution in [1.82, 2.24) is 4.90 Å². The van der Waals surface area contributed by atoms with Crippen LogP contribution in [0.3, 0.4) is 0 Å². The SMILES string of the molecule is C=C(/C(C)=C(\C)c1ccccc1C)N(Cc1cc(-c2ccccc2)ccc1CC)C1CCCCC1.CC.CC. The molecule has 0 aromatic heterocycles. The summed E-state index contributed by atoms with van der Waals surface area (Å²) < 4.78 is 0. The van der Waals surface area contributed by atoms with Crippen molar-refractivity contribution in [3.63, 3.8) is 0 Å². The third kappa shape index (κ3) is 8.46. The molecule has 0 unspecified atom stereocenters. The van der Waals surface area contributed by atoms with E-state index in [1.54, 1.807) is 0 Å². The predicted octanol–water partition coefficient (Wildman–Crippen LogP) is 11.4. The molecule has 0 amide bonds. The maximum absolute atomic E-state index is 4.71. The average molecular weight is 524 g/mol. The summed E-state index contributed by atoms with van der Waals surface area (Å²) in [6.45, 7) is 22.6. The maximum atomic E-state index is 4.71. The Morgan fingerprint density at radius 1 is 0.769 bits per heavy atom. The molecule has 0 N–H and O–H groups in total. The first-order valence-corrected chi connectivity index (χ1v) is 15.4. The van der Waals surface area contributed by atoms with E-state index in [1.165, 1.54) is 82.3 Å². The van der Waals surface area contributed by atoms with Crippen LogP contribution in [0.15, 0.2) is 90.6 Å². The monoisotopic (exact) mass is 523 g/mol. The van der Waals surface area contributed by atoms with E-state index in [4.69, 9.17) is 6.58 Å². The van der Waals surface area contributed by atoms with Crippen LogP contribution in [0.25, 0.3) is 16.7 Å². The van der Waals surface area contributed by atoms with E-state index < -0.39 is 0 Å². The average Bonchev–Trinajstić information content (AvgIpc) is 3.01. The lowest BCUT2D eigenvalue weighted by Gasteiger charge is -2.39. The van der Waals surface area contributed by atoms with Crippen LogP contribution in [-0.4, -0.2) is 10.9 Å². The molecule has 3 aromatic rings. The van der Waals surface area contributed by atoms with Gasteiger partial charge >= 0.3 is 0 Å². The van der Waals surface area contributed by atoms with Crippen LogP contribution in [0.2, 0.25) is 0 Å². The topological polar surface area (TPSA) is 3.24 Å². The highest BCUT2D eigenvalue weighted by Gasteiger charge is 2.25. The van der Waals surface area contributed by atoms with E-state index in [-0.39, 0.29) is 0 Å². The van der Waals surface area contributed by atoms with Crippen LogP contribution in [0.1, 0.15) is 103 Å². The highest BCUT2D eigenvalue weighted by molar-refractivity contribution is 5.72. The Balaban J connectivity index is 0.00000127. The highest BCUT2D eigenvalue weighted by atomic mass is 15.2. The minimum absolute atomic E-state index is 0.556. The molecule has 3 aromatic carbocycles. The zero-order valence-electron chi connectivity index (χ0n) is 26.1. The maximum Gasteiger partial charge on any atom is 0.0435 e. The Kier molecular flexibility index (Phi) is 13.9. The Labute approximate surface area is 240 Å². The van der Waals surface area contributed by atoms with E-state index in [2.05, 4.69) is 105 Å². The molecule has 4 rings (SSSR count). The summed E-state index contributed by atoms with van der Waals surface area (Å²) in [6.07, 6.45) is 7.56. The standard InChI is InChI=1S/C34H41N.2C2H6/c1-6-29-21-22-31(30-16-9-7-10-17-30)23-32(29)24-35(33-18-11-8-12-19-33)28(5)26(3)27(4)34-20-14-13-15-25(34)2;2*1-2/h7,9-10,13-17,20-23,33H,5-6,8,11-12,18-19,24H2,1-4H3;2*1-2H3/b27-26+;;. The van der Waals surface area contributed by atoms with Gasteiger partial charge in [-0.15, -0.1) is 0 Å². The molecule has 1 nitrogen and oxygen atoms in total. The fourth-order valence-corrected chi connectivity index (χ4v) is 5.58. The predicted molar refractivity (Wildman–Crippen MR) is 175 cm³/mol. The van der Waals surface area contributed by atoms with Crippen LogP contribution >= 0.6 is 0 Å². The molecule has 210 valence electrons. The minimum Gasteiger partial charge on any atom is -0.364 e. The van der Waals surface area contributed by atoms with Crippen molar-refractivity contribution >= 4 is 5.57 Å². The molecule has 1 aliphatic rings. The molecular formula is C38H53N. The fourth-order valence-electron chi connectivity index (χ4n) is 5.58. The Hall–Kier alpha value is -3.06. The number of aryl methyl sites for hydroxylation is 2. The lowest BCUT2D eigenvalue weighted by Crippen LogP contribution is -2.36. The van der Waals surface area contributed by atoms with Crippen molar-refractivity contribution < 1.29 is 0 Å². The zero-order chi connectivity index (χ0) is 28.8. The van der Waals surface area contributed by atoms with E-state index in [1.807, 2.05) is 27.7 Å². The van der Waals surface area contributed by atoms with Gasteiger partial charge in [-0.3, -0.25) is 0 Å². The Morgan fingerprint density at radius 2 is 1.38 bits per heavy atom. The highest BCUT2D eigenvalue weighted by Crippen LogP contribution is 2.34. The van der Waals surface area contributed by atoms with Crippen molar-refractivity contribution in [3.05, 3.63) is 113 Å². The second kappa shape index (κ2) is 16.8. The Bertz CT molecular complexity index is 1180. The first-order valence-electron chi connectivity index (χ1n) is 15.4. The minimum atomic E-state index is 0.556. The summed E-state index contributed by atoms with van der Waals surface area (Å²) >= 11 is 0. The van der Waals surface area contributed by atoms with Gasteiger partial charge in [-0.2, -0.15) is 0 Å². The molecule has 1 aliphatic carbocycles. The fraction of sp³-hybridized carbons (Fsp3) is 0.421. The van der Waals surface area contributed by atoms with Crippen LogP contribution in [0.4, 0.5) is 0 Å². The van der Waals surface area contributed by atoms with Crippen LogP contribution in [0, 0.1) is 6.92 Å². The molecule has 0 bridgehead atoms. The third-order valence-electron chi connectivity index (χ3n) is 7.94. The largest absolute Gasteiger partial charge is 0.364 e. The molecule has 0 saturated heterocycles. The molecule has 0 spiro atoms. The zero-order valence-corrected chi connectivity index (χ0v) is 26.1. The van der Waals surface area contributed by atoms with E-state index >= 15 is 0 Å². The van der Waals surface area contributed by atoms with Gasteiger partial charge in [-0.25, -0.2) is 0 Å². The van der Waals surface area contributed by atoms with Gasteiger partial charge in [-0.05, 0) is 90.6 Å². The van der Waals surface area contributed by atoms with Crippen molar-refractivity contribution in [3.8, 4) is 11.1 Å². The lowest BCUT2D eigenvalue weighted by atomic mass is 9.90. The number of hydrogen-bond donors (Lipinski definition) is 0. The van der Waals surface area contributed by atoms with Crippen molar-refractivity contribution in [2.24, 2.45) is 0 Å². The molecule has 39 heavy (non-hydrogen) atoms. The van der Waals surface area contributed by atoms with Gasteiger partial charge in [0.15, 0.2) is 0 Å². The first-order chi connectivity index (χ1) is 19.0. The first kappa shape index (κ1) is 32.2. The van der Waals surface area contributed by atoms with Gasteiger partial charge in [-0.1, -0.05) is 127 Å². The lowest BCUT2D eigenvalue weighted by molar-refractivity contribution is 0.196. The summed E-state index contributed by atoms with van der Waals surface area (Å²) in [7, 11) is 0. The molecule has 0 aliphatic heterocycles. The molecule has 1 heteroatoms. The number of rotatable bonds is 8. The summed E-state index contributed by atoms with van der Waals surface area (Å²) in [4.78, 5) is 2.64. The number of allylic oxidation sites excluding steroid dienone is 2. The van der Waals surface area contributed by atoms with Crippen LogP contribution in [0.5, 0.6) is 0 Å². The molecule has 0 atom stereocenters. The van der Waals surface area contributed by atoms with Crippen molar-refractivity contribution in [1.29, 1.82) is 0 Å². The summed E-state index contributed by atoms with van der Waals surface area (Å²) in [5.41, 5.74) is 11.9. The van der Waals surface area contributed by atoms with Crippen LogP contribution in [-0.2, 0) is 13.0 Å².